The van der Waals surface area contributed by atoms with Crippen LogP contribution in [0.15, 0.2) is 29.6 Å². The van der Waals surface area contributed by atoms with Gasteiger partial charge in [-0.3, -0.25) is 0 Å². The van der Waals surface area contributed by atoms with Crippen LogP contribution in [0.3, 0.4) is 0 Å². The fourth-order valence-corrected chi connectivity index (χ4v) is 2.81. The average molecular weight is 297 g/mol. The summed E-state index contributed by atoms with van der Waals surface area (Å²) >= 11 is 0. The van der Waals surface area contributed by atoms with Crippen LogP contribution in [0.1, 0.15) is 18.4 Å². The summed E-state index contributed by atoms with van der Waals surface area (Å²) in [7, 11) is -3.47. The van der Waals surface area contributed by atoms with Gasteiger partial charge in [-0.25, -0.2) is 18.1 Å². The first-order valence-electron chi connectivity index (χ1n) is 6.47. The number of rotatable bonds is 8. The van der Waals surface area contributed by atoms with Gasteiger partial charge >= 0.3 is 0 Å². The maximum Gasteiger partial charge on any atom is 0.242 e. The molecule has 2 rings (SSSR count). The minimum absolute atomic E-state index is 0.254. The lowest BCUT2D eigenvalue weighted by molar-refractivity contribution is 0.581. The van der Waals surface area contributed by atoms with E-state index in [2.05, 4.69) is 25.0 Å². The van der Waals surface area contributed by atoms with Crippen LogP contribution in [0.25, 0.3) is 0 Å². The molecule has 20 heavy (non-hydrogen) atoms. The van der Waals surface area contributed by atoms with Crippen LogP contribution < -0.4 is 10.0 Å². The van der Waals surface area contributed by atoms with E-state index >= 15 is 0 Å². The molecule has 0 spiro atoms. The molecule has 0 aliphatic heterocycles. The van der Waals surface area contributed by atoms with E-state index in [0.717, 1.165) is 18.1 Å². The van der Waals surface area contributed by atoms with Crippen molar-refractivity contribution in [3.05, 3.63) is 36.2 Å². The Balaban J connectivity index is 1.90. The first-order chi connectivity index (χ1) is 9.62. The third-order valence-electron chi connectivity index (χ3n) is 2.80. The van der Waals surface area contributed by atoms with E-state index in [0.29, 0.717) is 19.5 Å². The Bertz CT molecular complexity index is 618. The zero-order chi connectivity index (χ0) is 14.4. The van der Waals surface area contributed by atoms with Gasteiger partial charge in [0.15, 0.2) is 0 Å². The van der Waals surface area contributed by atoms with Crippen LogP contribution in [0, 0.1) is 0 Å². The van der Waals surface area contributed by atoms with E-state index in [-0.39, 0.29) is 4.90 Å². The number of nitrogens with one attached hydrogen (secondary N) is 4. The first kappa shape index (κ1) is 14.8. The van der Waals surface area contributed by atoms with Crippen molar-refractivity contribution in [1.29, 1.82) is 0 Å². The molecule has 2 heterocycles. The van der Waals surface area contributed by atoms with Gasteiger partial charge in [-0.15, -0.1) is 0 Å². The second-order valence-corrected chi connectivity index (χ2v) is 6.09. The molecule has 0 amide bonds. The van der Waals surface area contributed by atoms with Gasteiger partial charge in [-0.1, -0.05) is 6.92 Å². The van der Waals surface area contributed by atoms with Crippen LogP contribution in [-0.2, 0) is 23.0 Å². The minimum atomic E-state index is -3.47. The normalized spacial score (nSPS) is 11.8. The van der Waals surface area contributed by atoms with Gasteiger partial charge < -0.3 is 15.3 Å². The van der Waals surface area contributed by atoms with Crippen LogP contribution >= 0.6 is 0 Å². The highest BCUT2D eigenvalue weighted by Gasteiger charge is 2.15. The van der Waals surface area contributed by atoms with Crippen LogP contribution in [0.4, 0.5) is 0 Å². The largest absolute Gasteiger partial charge is 0.363 e. The van der Waals surface area contributed by atoms with Gasteiger partial charge in [-0.05, 0) is 12.6 Å². The van der Waals surface area contributed by atoms with E-state index in [4.69, 9.17) is 0 Å². The Morgan fingerprint density at radius 3 is 2.90 bits per heavy atom. The van der Waals surface area contributed by atoms with Crippen molar-refractivity contribution in [2.24, 2.45) is 0 Å². The predicted octanol–water partition coefficient (Wildman–Crippen LogP) is 0.368. The third-order valence-corrected chi connectivity index (χ3v) is 4.24. The van der Waals surface area contributed by atoms with Gasteiger partial charge in [0, 0.05) is 43.8 Å². The summed E-state index contributed by atoms with van der Waals surface area (Å²) in [5.74, 6) is 0.759. The summed E-state index contributed by atoms with van der Waals surface area (Å²) in [5.41, 5.74) is 0.846. The fraction of sp³-hybridized carbons (Fsp3) is 0.417. The molecule has 110 valence electrons. The van der Waals surface area contributed by atoms with Gasteiger partial charge in [0.05, 0.1) is 4.90 Å². The van der Waals surface area contributed by atoms with E-state index in [1.165, 1.54) is 6.20 Å². The Morgan fingerprint density at radius 1 is 1.35 bits per heavy atom. The molecule has 0 saturated heterocycles. The molecule has 8 heteroatoms. The molecule has 0 aliphatic carbocycles. The van der Waals surface area contributed by atoms with Gasteiger partial charge in [-0.2, -0.15) is 0 Å². The molecule has 0 aromatic carbocycles. The molecular formula is C12H19N5O2S. The quantitative estimate of drug-likeness (QED) is 0.565. The Hall–Kier alpha value is -1.64. The lowest BCUT2D eigenvalue weighted by atomic mass is 10.4. The number of hydrogen-bond donors (Lipinski definition) is 4. The van der Waals surface area contributed by atoms with E-state index in [1.807, 2.05) is 6.92 Å². The second-order valence-electron chi connectivity index (χ2n) is 4.32. The number of H-pyrrole nitrogens is 2. The topological polar surface area (TPSA) is 103 Å². The molecule has 0 aliphatic rings. The lowest BCUT2D eigenvalue weighted by Crippen LogP contribution is -2.25. The monoisotopic (exact) mass is 297 g/mol. The molecule has 7 nitrogen and oxygen atoms in total. The Morgan fingerprint density at radius 2 is 2.20 bits per heavy atom. The molecule has 4 N–H and O–H groups in total. The van der Waals surface area contributed by atoms with Gasteiger partial charge in [0.2, 0.25) is 10.0 Å². The number of sulfonamides is 1. The summed E-state index contributed by atoms with van der Waals surface area (Å²) in [6, 6.07) is 1.64. The highest BCUT2D eigenvalue weighted by Crippen LogP contribution is 2.10. The molecule has 0 saturated carbocycles. The van der Waals surface area contributed by atoms with Crippen molar-refractivity contribution >= 4 is 10.0 Å². The van der Waals surface area contributed by atoms with Crippen LogP contribution in [0.2, 0.25) is 0 Å². The molecule has 2 aromatic heterocycles. The van der Waals surface area contributed by atoms with E-state index < -0.39 is 10.0 Å². The summed E-state index contributed by atoms with van der Waals surface area (Å²) in [4.78, 5) is 10.2. The highest BCUT2D eigenvalue weighted by molar-refractivity contribution is 7.89. The van der Waals surface area contributed by atoms with Crippen molar-refractivity contribution in [2.75, 3.05) is 13.1 Å². The molecular weight excluding hydrogens is 278 g/mol. The van der Waals surface area contributed by atoms with Crippen LogP contribution in [-0.4, -0.2) is 36.5 Å². The second kappa shape index (κ2) is 6.69. The smallest absolute Gasteiger partial charge is 0.242 e. The maximum atomic E-state index is 12.1. The van der Waals surface area contributed by atoms with Crippen molar-refractivity contribution in [1.82, 2.24) is 25.0 Å². The first-order valence-corrected chi connectivity index (χ1v) is 7.96. The van der Waals surface area contributed by atoms with Gasteiger partial charge in [0.25, 0.3) is 0 Å². The summed E-state index contributed by atoms with van der Waals surface area (Å²) < 4.78 is 26.7. The number of imidazole rings is 1. The Labute approximate surface area is 118 Å². The zero-order valence-corrected chi connectivity index (χ0v) is 12.1. The molecule has 0 atom stereocenters. The molecule has 0 fully saturated rings. The SMILES string of the molecule is CCNCc1cc(S(=O)(=O)NCCc2ncc[nH]2)c[nH]1. The van der Waals surface area contributed by atoms with Crippen LogP contribution in [0.5, 0.6) is 0 Å². The standard InChI is InChI=1S/C12H19N5O2S/c1-2-13-8-10-7-11(9-16-10)20(18,19)17-4-3-12-14-5-6-15-12/h5-7,9,13,16-17H,2-4,8H2,1H3,(H,14,15). The Kier molecular flexibility index (Phi) is 4.94. The lowest BCUT2D eigenvalue weighted by Gasteiger charge is -2.03. The molecule has 0 radical (unpaired) electrons. The van der Waals surface area contributed by atoms with Crippen molar-refractivity contribution in [2.45, 2.75) is 24.8 Å². The predicted molar refractivity (Wildman–Crippen MR) is 75.7 cm³/mol. The fourth-order valence-electron chi connectivity index (χ4n) is 1.76. The minimum Gasteiger partial charge on any atom is -0.363 e. The number of aromatic nitrogens is 3. The number of aromatic amines is 2. The van der Waals surface area contributed by atoms with Crippen molar-refractivity contribution < 1.29 is 8.42 Å². The van der Waals surface area contributed by atoms with Crippen molar-refractivity contribution in [3.63, 3.8) is 0 Å². The van der Waals surface area contributed by atoms with E-state index in [1.54, 1.807) is 18.5 Å². The summed E-state index contributed by atoms with van der Waals surface area (Å²) in [6.45, 7) is 3.77. The number of hydrogen-bond acceptors (Lipinski definition) is 4. The number of nitrogens with zero attached hydrogens (tertiary/aromatic N) is 1. The summed E-state index contributed by atoms with van der Waals surface area (Å²) in [6.07, 6.45) is 5.38. The molecule has 2 aromatic rings. The maximum absolute atomic E-state index is 12.1. The third kappa shape index (κ3) is 3.92. The van der Waals surface area contributed by atoms with Crippen molar-refractivity contribution in [3.8, 4) is 0 Å². The van der Waals surface area contributed by atoms with Gasteiger partial charge in [0.1, 0.15) is 5.82 Å². The molecule has 0 unspecified atom stereocenters. The average Bonchev–Trinajstić information content (AvgIpc) is 3.07. The van der Waals surface area contributed by atoms with E-state index in [9.17, 15) is 8.42 Å². The zero-order valence-electron chi connectivity index (χ0n) is 11.3. The molecule has 0 bridgehead atoms. The summed E-state index contributed by atoms with van der Waals surface area (Å²) in [5, 5.41) is 3.13. The highest BCUT2D eigenvalue weighted by atomic mass is 32.2.